The minimum absolute atomic E-state index is 0.244. The molecule has 0 aliphatic carbocycles. The van der Waals surface area contributed by atoms with Gasteiger partial charge in [0, 0.05) is 23.6 Å². The summed E-state index contributed by atoms with van der Waals surface area (Å²) in [7, 11) is 0. The van der Waals surface area contributed by atoms with Gasteiger partial charge in [-0.2, -0.15) is 0 Å². The molecular weight excluding hydrogens is 193 g/mol. The van der Waals surface area contributed by atoms with Crippen molar-refractivity contribution in [2.45, 2.75) is 12.7 Å². The Morgan fingerprint density at radius 1 is 1.40 bits per heavy atom. The molecule has 0 saturated heterocycles. The molecule has 1 atom stereocenters. The molecule has 4 heteroatoms. The van der Waals surface area contributed by atoms with Crippen LogP contribution in [0.15, 0.2) is 43.0 Å². The van der Waals surface area contributed by atoms with E-state index >= 15 is 0 Å². The average Bonchev–Trinajstić information content (AvgIpc) is 2.71. The highest BCUT2D eigenvalue weighted by Crippen LogP contribution is 2.24. The van der Waals surface area contributed by atoms with Crippen LogP contribution in [0.1, 0.15) is 11.7 Å². The smallest absolute Gasteiger partial charge is 0.145 e. The van der Waals surface area contributed by atoms with Crippen LogP contribution in [0.5, 0.6) is 0 Å². The van der Waals surface area contributed by atoms with Gasteiger partial charge >= 0.3 is 0 Å². The third-order valence-electron chi connectivity index (χ3n) is 2.26. The number of hydrogen-bond donors (Lipinski definition) is 1. The largest absolute Gasteiger partial charge is 0.398 e. The topological polar surface area (TPSA) is 43.8 Å². The summed E-state index contributed by atoms with van der Waals surface area (Å²) >= 11 is 0. The Kier molecular flexibility index (Phi) is 2.67. The van der Waals surface area contributed by atoms with E-state index in [9.17, 15) is 4.39 Å². The van der Waals surface area contributed by atoms with Crippen molar-refractivity contribution < 1.29 is 4.39 Å². The second-order valence-electron chi connectivity index (χ2n) is 3.36. The molecular formula is C11H12FN3. The first kappa shape index (κ1) is 9.71. The first-order valence-electron chi connectivity index (χ1n) is 4.71. The zero-order valence-corrected chi connectivity index (χ0v) is 8.18. The van der Waals surface area contributed by atoms with Gasteiger partial charge in [0.1, 0.15) is 6.17 Å². The lowest BCUT2D eigenvalue weighted by Gasteiger charge is -2.11. The van der Waals surface area contributed by atoms with E-state index in [1.807, 2.05) is 0 Å². The third-order valence-corrected chi connectivity index (χ3v) is 2.26. The fourth-order valence-electron chi connectivity index (χ4n) is 1.47. The highest BCUT2D eigenvalue weighted by molar-refractivity contribution is 5.47. The predicted octanol–water partition coefficient (Wildman–Crippen LogP) is 2.18. The summed E-state index contributed by atoms with van der Waals surface area (Å²) < 4.78 is 15.5. The third kappa shape index (κ3) is 2.15. The van der Waals surface area contributed by atoms with Crippen molar-refractivity contribution in [2.75, 3.05) is 5.73 Å². The van der Waals surface area contributed by atoms with Gasteiger partial charge in [0.05, 0.1) is 12.9 Å². The molecule has 2 aromatic rings. The second-order valence-corrected chi connectivity index (χ2v) is 3.36. The summed E-state index contributed by atoms with van der Waals surface area (Å²) in [4.78, 5) is 3.86. The first-order chi connectivity index (χ1) is 7.27. The Morgan fingerprint density at radius 2 is 2.20 bits per heavy atom. The van der Waals surface area contributed by atoms with Crippen LogP contribution in [0, 0.1) is 0 Å². The number of benzene rings is 1. The molecule has 1 aromatic carbocycles. The van der Waals surface area contributed by atoms with Gasteiger partial charge in [0.2, 0.25) is 0 Å². The molecule has 0 spiro atoms. The molecule has 0 fully saturated rings. The Bertz CT molecular complexity index is 425. The highest BCUT2D eigenvalue weighted by atomic mass is 19.1. The number of alkyl halides is 1. The lowest BCUT2D eigenvalue weighted by atomic mass is 10.1. The number of aromatic nitrogens is 2. The lowest BCUT2D eigenvalue weighted by Crippen LogP contribution is -2.05. The van der Waals surface area contributed by atoms with Crippen molar-refractivity contribution in [3.8, 4) is 0 Å². The summed E-state index contributed by atoms with van der Waals surface area (Å²) in [5.41, 5.74) is 6.71. The SMILES string of the molecule is Nc1ccccc1C(F)Cn1ccnc1. The standard InChI is InChI=1S/C11H12FN3/c12-10(7-15-6-5-14-8-15)9-3-1-2-4-11(9)13/h1-6,8,10H,7,13H2. The van der Waals surface area contributed by atoms with Gasteiger partial charge < -0.3 is 10.3 Å². The van der Waals surface area contributed by atoms with E-state index in [1.54, 1.807) is 47.6 Å². The number of imidazole rings is 1. The molecule has 15 heavy (non-hydrogen) atoms. The van der Waals surface area contributed by atoms with Crippen LogP contribution in [0.25, 0.3) is 0 Å². The molecule has 78 valence electrons. The Balaban J connectivity index is 2.15. The van der Waals surface area contributed by atoms with Crippen LogP contribution < -0.4 is 5.73 Å². The second kappa shape index (κ2) is 4.13. The zero-order chi connectivity index (χ0) is 10.7. The molecule has 3 nitrogen and oxygen atoms in total. The van der Waals surface area contributed by atoms with Gasteiger partial charge in [-0.3, -0.25) is 0 Å². The first-order valence-corrected chi connectivity index (χ1v) is 4.71. The van der Waals surface area contributed by atoms with E-state index < -0.39 is 6.17 Å². The van der Waals surface area contributed by atoms with Gasteiger partial charge in [-0.15, -0.1) is 0 Å². The summed E-state index contributed by atoms with van der Waals surface area (Å²) in [6.07, 6.45) is 3.85. The number of nitrogen functional groups attached to an aromatic ring is 1. The van der Waals surface area contributed by atoms with Crippen LogP contribution in [0.3, 0.4) is 0 Å². The van der Waals surface area contributed by atoms with Crippen molar-refractivity contribution in [3.05, 3.63) is 48.5 Å². The Morgan fingerprint density at radius 3 is 2.87 bits per heavy atom. The summed E-state index contributed by atoms with van der Waals surface area (Å²) in [6.45, 7) is 0.244. The zero-order valence-electron chi connectivity index (χ0n) is 8.18. The minimum atomic E-state index is -1.10. The van der Waals surface area contributed by atoms with Gasteiger partial charge in [-0.25, -0.2) is 9.37 Å². The van der Waals surface area contributed by atoms with E-state index in [4.69, 9.17) is 5.73 Å². The fraction of sp³-hybridized carbons (Fsp3) is 0.182. The predicted molar refractivity (Wildman–Crippen MR) is 56.9 cm³/mol. The quantitative estimate of drug-likeness (QED) is 0.780. The maximum Gasteiger partial charge on any atom is 0.145 e. The van der Waals surface area contributed by atoms with E-state index in [1.165, 1.54) is 0 Å². The van der Waals surface area contributed by atoms with Crippen molar-refractivity contribution >= 4 is 5.69 Å². The van der Waals surface area contributed by atoms with E-state index in [0.717, 1.165) is 0 Å². The molecule has 2 N–H and O–H groups in total. The Labute approximate surface area is 87.4 Å². The molecule has 2 rings (SSSR count). The van der Waals surface area contributed by atoms with Gasteiger partial charge in [0.15, 0.2) is 0 Å². The maximum absolute atomic E-state index is 13.8. The monoisotopic (exact) mass is 205 g/mol. The molecule has 0 bridgehead atoms. The van der Waals surface area contributed by atoms with Crippen molar-refractivity contribution in [3.63, 3.8) is 0 Å². The van der Waals surface area contributed by atoms with Crippen molar-refractivity contribution in [1.82, 2.24) is 9.55 Å². The molecule has 0 amide bonds. The number of para-hydroxylation sites is 1. The van der Waals surface area contributed by atoms with E-state index in [0.29, 0.717) is 11.3 Å². The molecule has 1 unspecified atom stereocenters. The maximum atomic E-state index is 13.8. The lowest BCUT2D eigenvalue weighted by molar-refractivity contribution is 0.304. The van der Waals surface area contributed by atoms with Crippen molar-refractivity contribution in [1.29, 1.82) is 0 Å². The number of halogens is 1. The van der Waals surface area contributed by atoms with Crippen molar-refractivity contribution in [2.24, 2.45) is 0 Å². The van der Waals surface area contributed by atoms with E-state index in [2.05, 4.69) is 4.98 Å². The van der Waals surface area contributed by atoms with Crippen LogP contribution in [0.2, 0.25) is 0 Å². The Hall–Kier alpha value is -1.84. The number of hydrogen-bond acceptors (Lipinski definition) is 2. The number of nitrogens with two attached hydrogens (primary N) is 1. The molecule has 0 aliphatic heterocycles. The summed E-state index contributed by atoms with van der Waals surface area (Å²) in [6, 6.07) is 6.99. The van der Waals surface area contributed by atoms with Crippen LogP contribution >= 0.6 is 0 Å². The van der Waals surface area contributed by atoms with Gasteiger partial charge in [-0.05, 0) is 6.07 Å². The fourth-order valence-corrected chi connectivity index (χ4v) is 1.47. The molecule has 1 heterocycles. The number of nitrogens with zero attached hydrogens (tertiary/aromatic N) is 2. The molecule has 0 saturated carbocycles. The molecule has 0 radical (unpaired) electrons. The highest BCUT2D eigenvalue weighted by Gasteiger charge is 2.12. The van der Waals surface area contributed by atoms with Crippen LogP contribution in [0.4, 0.5) is 10.1 Å². The molecule has 1 aromatic heterocycles. The number of rotatable bonds is 3. The van der Waals surface area contributed by atoms with Crippen LogP contribution in [-0.2, 0) is 6.54 Å². The van der Waals surface area contributed by atoms with Gasteiger partial charge in [0.25, 0.3) is 0 Å². The summed E-state index contributed by atoms with van der Waals surface area (Å²) in [5, 5.41) is 0. The summed E-state index contributed by atoms with van der Waals surface area (Å²) in [5.74, 6) is 0. The molecule has 0 aliphatic rings. The van der Waals surface area contributed by atoms with Crippen LogP contribution in [-0.4, -0.2) is 9.55 Å². The average molecular weight is 205 g/mol. The van der Waals surface area contributed by atoms with Gasteiger partial charge in [-0.1, -0.05) is 18.2 Å². The number of anilines is 1. The minimum Gasteiger partial charge on any atom is -0.398 e. The van der Waals surface area contributed by atoms with E-state index in [-0.39, 0.29) is 6.54 Å². The normalized spacial score (nSPS) is 12.6.